The van der Waals surface area contributed by atoms with Crippen LogP contribution in [0.15, 0.2) is 30.3 Å². The SMILES string of the molecule is CC1CCc2sc(C(=O)N3CCN(Cc4ccc(C#N)cc4)CC3)cc2C1. The van der Waals surface area contributed by atoms with E-state index in [1.54, 1.807) is 11.3 Å². The third kappa shape index (κ3) is 4.07. The van der Waals surface area contributed by atoms with Gasteiger partial charge in [-0.2, -0.15) is 5.26 Å². The van der Waals surface area contributed by atoms with Crippen LogP contribution in [0.2, 0.25) is 0 Å². The van der Waals surface area contributed by atoms with Crippen molar-refractivity contribution < 1.29 is 4.79 Å². The van der Waals surface area contributed by atoms with Gasteiger partial charge in [-0.15, -0.1) is 11.3 Å². The summed E-state index contributed by atoms with van der Waals surface area (Å²) in [6.45, 7) is 6.54. The summed E-state index contributed by atoms with van der Waals surface area (Å²) in [6.07, 6.45) is 3.50. The molecule has 2 aromatic rings. The third-order valence-electron chi connectivity index (χ3n) is 5.69. The lowest BCUT2D eigenvalue weighted by atomic mass is 9.90. The number of hydrogen-bond donors (Lipinski definition) is 0. The molecule has 1 fully saturated rings. The van der Waals surface area contributed by atoms with Crippen LogP contribution in [-0.4, -0.2) is 41.9 Å². The predicted octanol–water partition coefficient (Wildman–Crippen LogP) is 3.70. The Labute approximate surface area is 165 Å². The van der Waals surface area contributed by atoms with Crippen LogP contribution in [0.5, 0.6) is 0 Å². The van der Waals surface area contributed by atoms with E-state index in [4.69, 9.17) is 5.26 Å². The summed E-state index contributed by atoms with van der Waals surface area (Å²) in [5.74, 6) is 0.945. The summed E-state index contributed by atoms with van der Waals surface area (Å²) in [6, 6.07) is 12.1. The van der Waals surface area contributed by atoms with Crippen molar-refractivity contribution in [3.05, 3.63) is 56.8 Å². The molecule has 1 aromatic heterocycles. The van der Waals surface area contributed by atoms with Gasteiger partial charge >= 0.3 is 0 Å². The molecule has 27 heavy (non-hydrogen) atoms. The van der Waals surface area contributed by atoms with Gasteiger partial charge < -0.3 is 4.90 Å². The van der Waals surface area contributed by atoms with E-state index in [2.05, 4.69) is 24.0 Å². The molecule has 1 atom stereocenters. The van der Waals surface area contributed by atoms with Crippen LogP contribution in [0.25, 0.3) is 0 Å². The molecule has 2 aliphatic rings. The van der Waals surface area contributed by atoms with Gasteiger partial charge in [-0.25, -0.2) is 0 Å². The van der Waals surface area contributed by atoms with E-state index in [-0.39, 0.29) is 5.91 Å². The quantitative estimate of drug-likeness (QED) is 0.817. The molecule has 4 nitrogen and oxygen atoms in total. The van der Waals surface area contributed by atoms with Gasteiger partial charge in [-0.3, -0.25) is 9.69 Å². The molecule has 4 rings (SSSR count). The lowest BCUT2D eigenvalue weighted by Gasteiger charge is -2.34. The zero-order valence-electron chi connectivity index (χ0n) is 15.8. The highest BCUT2D eigenvalue weighted by atomic mass is 32.1. The van der Waals surface area contributed by atoms with Gasteiger partial charge in [-0.05, 0) is 54.5 Å². The van der Waals surface area contributed by atoms with E-state index in [1.165, 1.54) is 22.4 Å². The van der Waals surface area contributed by atoms with Crippen molar-refractivity contribution in [2.75, 3.05) is 26.2 Å². The first-order valence-electron chi connectivity index (χ1n) is 9.74. The average molecular weight is 380 g/mol. The number of benzene rings is 1. The minimum absolute atomic E-state index is 0.208. The second-order valence-corrected chi connectivity index (χ2v) is 8.92. The Morgan fingerprint density at radius 3 is 2.67 bits per heavy atom. The fourth-order valence-corrected chi connectivity index (χ4v) is 5.20. The predicted molar refractivity (Wildman–Crippen MR) is 108 cm³/mol. The summed E-state index contributed by atoms with van der Waals surface area (Å²) in [7, 11) is 0. The molecule has 0 N–H and O–H groups in total. The Kier molecular flexibility index (Phi) is 5.29. The molecule has 0 saturated carbocycles. The first-order chi connectivity index (χ1) is 13.1. The van der Waals surface area contributed by atoms with Crippen LogP contribution in [0, 0.1) is 17.2 Å². The van der Waals surface area contributed by atoms with Gasteiger partial charge in [0.25, 0.3) is 5.91 Å². The lowest BCUT2D eigenvalue weighted by Crippen LogP contribution is -2.48. The summed E-state index contributed by atoms with van der Waals surface area (Å²) < 4.78 is 0. The summed E-state index contributed by atoms with van der Waals surface area (Å²) in [5, 5.41) is 8.89. The topological polar surface area (TPSA) is 47.3 Å². The first-order valence-corrected chi connectivity index (χ1v) is 10.6. The molecule has 1 aromatic carbocycles. The number of nitrogens with zero attached hydrogens (tertiary/aromatic N) is 3. The van der Waals surface area contributed by atoms with Crippen LogP contribution in [0.3, 0.4) is 0 Å². The Balaban J connectivity index is 1.33. The van der Waals surface area contributed by atoms with Gasteiger partial charge in [0, 0.05) is 37.6 Å². The minimum Gasteiger partial charge on any atom is -0.335 e. The number of rotatable bonds is 3. The van der Waals surface area contributed by atoms with Gasteiger partial charge in [0.05, 0.1) is 16.5 Å². The standard InChI is InChI=1S/C22H25N3OS/c1-16-2-7-20-19(12-16)13-21(27-20)22(26)25-10-8-24(9-11-25)15-18-5-3-17(14-23)4-6-18/h3-6,13,16H,2,7-12,15H2,1H3. The number of carbonyl (C=O) groups is 1. The van der Waals surface area contributed by atoms with E-state index in [9.17, 15) is 4.79 Å². The second kappa shape index (κ2) is 7.84. The largest absolute Gasteiger partial charge is 0.335 e. The number of piperazine rings is 1. The van der Waals surface area contributed by atoms with Gasteiger partial charge in [0.2, 0.25) is 0 Å². The molecule has 0 radical (unpaired) electrons. The van der Waals surface area contributed by atoms with E-state index < -0.39 is 0 Å². The van der Waals surface area contributed by atoms with Gasteiger partial charge in [-0.1, -0.05) is 19.1 Å². The summed E-state index contributed by atoms with van der Waals surface area (Å²) in [4.78, 5) is 19.7. The highest BCUT2D eigenvalue weighted by Crippen LogP contribution is 2.32. The van der Waals surface area contributed by atoms with Crippen molar-refractivity contribution in [1.29, 1.82) is 5.26 Å². The molecule has 0 bridgehead atoms. The van der Waals surface area contributed by atoms with Crippen molar-refractivity contribution in [2.45, 2.75) is 32.7 Å². The normalized spacial score (nSPS) is 20.1. The Bertz CT molecular complexity index is 857. The highest BCUT2D eigenvalue weighted by molar-refractivity contribution is 7.14. The monoisotopic (exact) mass is 379 g/mol. The molecular weight excluding hydrogens is 354 g/mol. The fourth-order valence-electron chi connectivity index (χ4n) is 4.02. The van der Waals surface area contributed by atoms with Crippen LogP contribution in [0.1, 0.15) is 44.6 Å². The molecule has 2 heterocycles. The van der Waals surface area contributed by atoms with Crippen LogP contribution >= 0.6 is 11.3 Å². The highest BCUT2D eigenvalue weighted by Gasteiger charge is 2.26. The fraction of sp³-hybridized carbons (Fsp3) is 0.455. The lowest BCUT2D eigenvalue weighted by molar-refractivity contribution is 0.0633. The van der Waals surface area contributed by atoms with E-state index in [0.29, 0.717) is 5.56 Å². The van der Waals surface area contributed by atoms with Gasteiger partial charge in [0.1, 0.15) is 0 Å². The molecule has 1 saturated heterocycles. The number of aryl methyl sites for hydroxylation is 1. The number of hydrogen-bond acceptors (Lipinski definition) is 4. The van der Waals surface area contributed by atoms with Crippen molar-refractivity contribution in [3.8, 4) is 6.07 Å². The Morgan fingerprint density at radius 1 is 1.22 bits per heavy atom. The number of carbonyl (C=O) groups excluding carboxylic acids is 1. The molecule has 0 spiro atoms. The zero-order valence-corrected chi connectivity index (χ0v) is 16.6. The van der Waals surface area contributed by atoms with Crippen molar-refractivity contribution in [2.24, 2.45) is 5.92 Å². The number of fused-ring (bicyclic) bond motifs is 1. The average Bonchev–Trinajstić information content (AvgIpc) is 3.12. The van der Waals surface area contributed by atoms with Crippen molar-refractivity contribution in [1.82, 2.24) is 9.80 Å². The molecule has 5 heteroatoms. The van der Waals surface area contributed by atoms with E-state index in [0.717, 1.165) is 56.4 Å². The van der Waals surface area contributed by atoms with Crippen molar-refractivity contribution >= 4 is 17.2 Å². The Morgan fingerprint density at radius 2 is 1.96 bits per heavy atom. The summed E-state index contributed by atoms with van der Waals surface area (Å²) >= 11 is 1.71. The maximum atomic E-state index is 12.9. The molecule has 1 aliphatic carbocycles. The molecule has 140 valence electrons. The molecule has 1 unspecified atom stereocenters. The summed E-state index contributed by atoms with van der Waals surface area (Å²) in [5.41, 5.74) is 3.32. The second-order valence-electron chi connectivity index (χ2n) is 7.78. The smallest absolute Gasteiger partial charge is 0.264 e. The van der Waals surface area contributed by atoms with Crippen LogP contribution < -0.4 is 0 Å². The Hall–Kier alpha value is -2.16. The van der Waals surface area contributed by atoms with E-state index in [1.807, 2.05) is 29.2 Å². The van der Waals surface area contributed by atoms with Crippen LogP contribution in [0.4, 0.5) is 0 Å². The minimum atomic E-state index is 0.208. The maximum absolute atomic E-state index is 12.9. The van der Waals surface area contributed by atoms with Gasteiger partial charge in [0.15, 0.2) is 0 Å². The van der Waals surface area contributed by atoms with Crippen molar-refractivity contribution in [3.63, 3.8) is 0 Å². The number of nitriles is 1. The van der Waals surface area contributed by atoms with E-state index >= 15 is 0 Å². The molecular formula is C22H25N3OS. The molecule has 1 aliphatic heterocycles. The number of amides is 1. The van der Waals surface area contributed by atoms with Crippen LogP contribution in [-0.2, 0) is 19.4 Å². The third-order valence-corrected chi connectivity index (χ3v) is 6.91. The zero-order chi connectivity index (χ0) is 18.8. The number of thiophene rings is 1. The molecule has 1 amide bonds. The maximum Gasteiger partial charge on any atom is 0.264 e. The first kappa shape index (κ1) is 18.2.